The molecule has 1 aromatic rings. The van der Waals surface area contributed by atoms with E-state index in [-0.39, 0.29) is 25.3 Å². The predicted octanol–water partition coefficient (Wildman–Crippen LogP) is 4.67. The summed E-state index contributed by atoms with van der Waals surface area (Å²) in [4.78, 5) is 33.2. The highest BCUT2D eigenvalue weighted by atomic mass is 19.4. The Hall–Kier alpha value is -2.92. The molecule has 0 atom stereocenters. The Labute approximate surface area is 152 Å². The van der Waals surface area contributed by atoms with Crippen molar-refractivity contribution >= 4 is 23.2 Å². The van der Waals surface area contributed by atoms with E-state index in [9.17, 15) is 38.2 Å². The van der Waals surface area contributed by atoms with E-state index in [0.29, 0.717) is 24.2 Å². The predicted molar refractivity (Wildman–Crippen MR) is 88.6 cm³/mol. The average molecular weight is 393 g/mol. The summed E-state index contributed by atoms with van der Waals surface area (Å²) in [5.74, 6) is 0. The first-order chi connectivity index (χ1) is 12.5. The SMILES string of the molecule is CCCCN(C(=O)OCCC)c1c([N+](=O)[O-])cc(C(F)(F)F)cc1[N+](=O)[O-]. The maximum Gasteiger partial charge on any atom is 0.416 e. The molecular formula is C15H18F3N3O6. The van der Waals surface area contributed by atoms with Gasteiger partial charge in [0.15, 0.2) is 0 Å². The number of benzene rings is 1. The molecule has 1 amide bonds. The molecule has 0 bridgehead atoms. The first kappa shape index (κ1) is 22.1. The molecular weight excluding hydrogens is 375 g/mol. The fourth-order valence-electron chi connectivity index (χ4n) is 2.20. The highest BCUT2D eigenvalue weighted by Gasteiger charge is 2.40. The molecule has 150 valence electrons. The van der Waals surface area contributed by atoms with Gasteiger partial charge >= 0.3 is 23.6 Å². The number of anilines is 1. The first-order valence-corrected chi connectivity index (χ1v) is 8.02. The summed E-state index contributed by atoms with van der Waals surface area (Å²) in [5, 5.41) is 22.7. The number of nitro benzene ring substituents is 2. The van der Waals surface area contributed by atoms with Crippen LogP contribution in [0.2, 0.25) is 0 Å². The normalized spacial score (nSPS) is 11.1. The van der Waals surface area contributed by atoms with Gasteiger partial charge in [0, 0.05) is 18.7 Å². The fourth-order valence-corrected chi connectivity index (χ4v) is 2.20. The van der Waals surface area contributed by atoms with Crippen LogP contribution in [0.5, 0.6) is 0 Å². The zero-order valence-corrected chi connectivity index (χ0v) is 14.6. The van der Waals surface area contributed by atoms with E-state index in [1.54, 1.807) is 13.8 Å². The molecule has 0 fully saturated rings. The number of rotatable bonds is 8. The van der Waals surface area contributed by atoms with Crippen LogP contribution in [0.3, 0.4) is 0 Å². The molecule has 0 aliphatic heterocycles. The maximum atomic E-state index is 13.0. The van der Waals surface area contributed by atoms with Gasteiger partial charge in [-0.25, -0.2) is 4.79 Å². The van der Waals surface area contributed by atoms with Crippen LogP contribution in [0, 0.1) is 20.2 Å². The Morgan fingerprint density at radius 1 is 1.11 bits per heavy atom. The Balaban J connectivity index is 3.69. The quantitative estimate of drug-likeness (QED) is 0.468. The second-order valence-electron chi connectivity index (χ2n) is 5.49. The van der Waals surface area contributed by atoms with Crippen molar-refractivity contribution in [3.63, 3.8) is 0 Å². The summed E-state index contributed by atoms with van der Waals surface area (Å²) in [6, 6.07) is 0.350. The molecule has 9 nitrogen and oxygen atoms in total. The van der Waals surface area contributed by atoms with Crippen molar-refractivity contribution in [1.82, 2.24) is 0 Å². The number of unbranched alkanes of at least 4 members (excludes halogenated alkanes) is 1. The van der Waals surface area contributed by atoms with Crippen LogP contribution in [0.15, 0.2) is 12.1 Å². The summed E-state index contributed by atoms with van der Waals surface area (Å²) < 4.78 is 43.8. The first-order valence-electron chi connectivity index (χ1n) is 8.02. The Morgan fingerprint density at radius 3 is 2.00 bits per heavy atom. The van der Waals surface area contributed by atoms with Gasteiger partial charge in [0.1, 0.15) is 0 Å². The van der Waals surface area contributed by atoms with E-state index >= 15 is 0 Å². The van der Waals surface area contributed by atoms with E-state index in [0.717, 1.165) is 0 Å². The highest BCUT2D eigenvalue weighted by Crippen LogP contribution is 2.43. The average Bonchev–Trinajstić information content (AvgIpc) is 2.58. The van der Waals surface area contributed by atoms with Gasteiger partial charge in [-0.05, 0) is 12.8 Å². The lowest BCUT2D eigenvalue weighted by Gasteiger charge is -2.22. The van der Waals surface area contributed by atoms with Crippen molar-refractivity contribution < 1.29 is 32.5 Å². The topological polar surface area (TPSA) is 116 Å². The number of amides is 1. The molecule has 0 saturated carbocycles. The van der Waals surface area contributed by atoms with Crippen molar-refractivity contribution in [2.24, 2.45) is 0 Å². The summed E-state index contributed by atoms with van der Waals surface area (Å²) in [5.41, 5.74) is -4.77. The number of carbonyl (C=O) groups is 1. The van der Waals surface area contributed by atoms with Crippen LogP contribution in [0.1, 0.15) is 38.7 Å². The molecule has 0 aliphatic rings. The Bertz CT molecular complexity index is 688. The zero-order chi connectivity index (χ0) is 20.8. The summed E-state index contributed by atoms with van der Waals surface area (Å²) in [6.45, 7) is 3.19. The van der Waals surface area contributed by atoms with Gasteiger partial charge < -0.3 is 4.74 Å². The number of halogens is 3. The lowest BCUT2D eigenvalue weighted by molar-refractivity contribution is -0.393. The van der Waals surface area contributed by atoms with Crippen molar-refractivity contribution in [3.8, 4) is 0 Å². The lowest BCUT2D eigenvalue weighted by Crippen LogP contribution is -2.34. The molecule has 1 rings (SSSR count). The van der Waals surface area contributed by atoms with E-state index < -0.39 is 44.7 Å². The van der Waals surface area contributed by atoms with Crippen LogP contribution in [-0.4, -0.2) is 29.1 Å². The minimum absolute atomic E-state index is 0.0519. The lowest BCUT2D eigenvalue weighted by atomic mass is 10.1. The molecule has 0 aliphatic carbocycles. The number of nitro groups is 2. The van der Waals surface area contributed by atoms with Crippen molar-refractivity contribution in [3.05, 3.63) is 37.9 Å². The van der Waals surface area contributed by atoms with Gasteiger partial charge in [-0.3, -0.25) is 25.1 Å². The van der Waals surface area contributed by atoms with Gasteiger partial charge in [-0.15, -0.1) is 0 Å². The molecule has 0 unspecified atom stereocenters. The molecule has 1 aromatic carbocycles. The van der Waals surface area contributed by atoms with Gasteiger partial charge in [0.05, 0.1) is 22.0 Å². The maximum absolute atomic E-state index is 13.0. The molecule has 0 aromatic heterocycles. The summed E-state index contributed by atoms with van der Waals surface area (Å²) in [7, 11) is 0. The third-order valence-electron chi connectivity index (χ3n) is 3.45. The van der Waals surface area contributed by atoms with E-state index in [1.807, 2.05) is 0 Å². The third-order valence-corrected chi connectivity index (χ3v) is 3.45. The monoisotopic (exact) mass is 393 g/mol. The van der Waals surface area contributed by atoms with Crippen LogP contribution in [0.25, 0.3) is 0 Å². The second kappa shape index (κ2) is 9.14. The molecule has 0 radical (unpaired) electrons. The summed E-state index contributed by atoms with van der Waals surface area (Å²) in [6.07, 6.45) is -4.89. The van der Waals surface area contributed by atoms with E-state index in [2.05, 4.69) is 0 Å². The minimum Gasteiger partial charge on any atom is -0.449 e. The molecule has 0 saturated heterocycles. The zero-order valence-electron chi connectivity index (χ0n) is 14.6. The molecule has 12 heteroatoms. The number of hydrogen-bond donors (Lipinski definition) is 0. The smallest absolute Gasteiger partial charge is 0.416 e. The van der Waals surface area contributed by atoms with Crippen LogP contribution in [0.4, 0.5) is 35.0 Å². The van der Waals surface area contributed by atoms with E-state index in [4.69, 9.17) is 4.74 Å². The van der Waals surface area contributed by atoms with Gasteiger partial charge in [0.2, 0.25) is 5.69 Å². The molecule has 0 N–H and O–H groups in total. The number of ether oxygens (including phenoxy) is 1. The minimum atomic E-state index is -5.04. The number of alkyl halides is 3. The van der Waals surface area contributed by atoms with Gasteiger partial charge in [0.25, 0.3) is 0 Å². The fraction of sp³-hybridized carbons (Fsp3) is 0.533. The van der Waals surface area contributed by atoms with Gasteiger partial charge in [-0.2, -0.15) is 13.2 Å². The van der Waals surface area contributed by atoms with Gasteiger partial charge in [-0.1, -0.05) is 20.3 Å². The second-order valence-corrected chi connectivity index (χ2v) is 5.49. The van der Waals surface area contributed by atoms with Crippen LogP contribution >= 0.6 is 0 Å². The number of carbonyl (C=O) groups excluding carboxylic acids is 1. The van der Waals surface area contributed by atoms with Crippen molar-refractivity contribution in [2.45, 2.75) is 39.3 Å². The molecule has 0 spiro atoms. The Morgan fingerprint density at radius 2 is 1.63 bits per heavy atom. The number of hydrogen-bond acceptors (Lipinski definition) is 6. The standard InChI is InChI=1S/C15H18F3N3O6/c1-3-5-6-19(14(22)27-7-4-2)13-11(20(23)24)8-10(15(16,17)18)9-12(13)21(25)26/h8-9H,3-7H2,1-2H3. The number of nitrogens with zero attached hydrogens (tertiary/aromatic N) is 3. The molecule has 0 heterocycles. The van der Waals surface area contributed by atoms with Crippen molar-refractivity contribution in [1.29, 1.82) is 0 Å². The largest absolute Gasteiger partial charge is 0.449 e. The van der Waals surface area contributed by atoms with Crippen molar-refractivity contribution in [2.75, 3.05) is 18.1 Å². The van der Waals surface area contributed by atoms with Crippen LogP contribution in [-0.2, 0) is 10.9 Å². The molecule has 27 heavy (non-hydrogen) atoms. The third kappa shape index (κ3) is 5.53. The van der Waals surface area contributed by atoms with Crippen LogP contribution < -0.4 is 4.90 Å². The Kier molecular flexibility index (Phi) is 7.49. The van der Waals surface area contributed by atoms with E-state index in [1.165, 1.54) is 0 Å². The summed E-state index contributed by atoms with van der Waals surface area (Å²) >= 11 is 0. The highest BCUT2D eigenvalue weighted by molar-refractivity contribution is 5.94.